The standard InChI is InChI=1S/C8H8IN5/c9-6-3-1-2-4-7(6)14-8(5-10)11-12-13-14/h1-4H,5,10H2. The van der Waals surface area contributed by atoms with Gasteiger partial charge in [-0.3, -0.25) is 0 Å². The van der Waals surface area contributed by atoms with Crippen LogP contribution in [0.3, 0.4) is 0 Å². The van der Waals surface area contributed by atoms with Crippen LogP contribution in [0, 0.1) is 3.57 Å². The highest BCUT2D eigenvalue weighted by molar-refractivity contribution is 14.1. The molecule has 0 fully saturated rings. The van der Waals surface area contributed by atoms with E-state index >= 15 is 0 Å². The summed E-state index contributed by atoms with van der Waals surface area (Å²) in [5, 5.41) is 11.3. The summed E-state index contributed by atoms with van der Waals surface area (Å²) in [5.41, 5.74) is 6.47. The lowest BCUT2D eigenvalue weighted by atomic mass is 10.3. The molecule has 1 heterocycles. The van der Waals surface area contributed by atoms with Crippen molar-refractivity contribution in [2.45, 2.75) is 6.54 Å². The second-order valence-electron chi connectivity index (χ2n) is 2.66. The minimum absolute atomic E-state index is 0.331. The Kier molecular flexibility index (Phi) is 2.73. The Morgan fingerprint density at radius 1 is 1.36 bits per heavy atom. The molecule has 14 heavy (non-hydrogen) atoms. The lowest BCUT2D eigenvalue weighted by molar-refractivity contribution is 0.758. The van der Waals surface area contributed by atoms with Gasteiger partial charge in [-0.15, -0.1) is 5.10 Å². The zero-order valence-corrected chi connectivity index (χ0v) is 9.42. The van der Waals surface area contributed by atoms with Gasteiger partial charge >= 0.3 is 0 Å². The first-order valence-electron chi connectivity index (χ1n) is 4.05. The van der Waals surface area contributed by atoms with E-state index in [0.29, 0.717) is 12.4 Å². The van der Waals surface area contributed by atoms with Crippen molar-refractivity contribution < 1.29 is 0 Å². The predicted octanol–water partition coefficient (Wildman–Crippen LogP) is 0.726. The zero-order valence-electron chi connectivity index (χ0n) is 7.26. The third-order valence-corrected chi connectivity index (χ3v) is 2.71. The van der Waals surface area contributed by atoms with Crippen molar-refractivity contribution in [1.29, 1.82) is 0 Å². The van der Waals surface area contributed by atoms with Gasteiger partial charge in [-0.2, -0.15) is 4.68 Å². The SMILES string of the molecule is NCc1nnnn1-c1ccccc1I. The van der Waals surface area contributed by atoms with Crippen LogP contribution in [0.5, 0.6) is 0 Å². The van der Waals surface area contributed by atoms with E-state index in [2.05, 4.69) is 38.1 Å². The average molecular weight is 301 g/mol. The van der Waals surface area contributed by atoms with E-state index in [0.717, 1.165) is 9.26 Å². The molecule has 2 aromatic rings. The summed E-state index contributed by atoms with van der Waals surface area (Å²) in [6.07, 6.45) is 0. The van der Waals surface area contributed by atoms with Gasteiger partial charge < -0.3 is 5.73 Å². The number of para-hydroxylation sites is 1. The van der Waals surface area contributed by atoms with Gasteiger partial charge in [-0.05, 0) is 45.2 Å². The molecule has 0 aliphatic heterocycles. The Bertz CT molecular complexity index is 439. The summed E-state index contributed by atoms with van der Waals surface area (Å²) in [5.74, 6) is 0.661. The average Bonchev–Trinajstić information content (AvgIpc) is 2.66. The first kappa shape index (κ1) is 9.53. The van der Waals surface area contributed by atoms with Crippen LogP contribution in [0.2, 0.25) is 0 Å². The minimum atomic E-state index is 0.331. The van der Waals surface area contributed by atoms with Crippen molar-refractivity contribution in [3.8, 4) is 5.69 Å². The Hall–Kier alpha value is -1.02. The van der Waals surface area contributed by atoms with Crippen LogP contribution in [-0.4, -0.2) is 20.2 Å². The van der Waals surface area contributed by atoms with Crippen molar-refractivity contribution in [2.24, 2.45) is 5.73 Å². The van der Waals surface area contributed by atoms with Gasteiger partial charge in [0, 0.05) is 3.57 Å². The molecule has 5 nitrogen and oxygen atoms in total. The molecule has 1 aromatic carbocycles. The molecule has 0 radical (unpaired) electrons. The lowest BCUT2D eigenvalue weighted by Crippen LogP contribution is -2.08. The molecule has 0 atom stereocenters. The van der Waals surface area contributed by atoms with Gasteiger partial charge in [0.25, 0.3) is 0 Å². The molecule has 0 amide bonds. The Balaban J connectivity index is 2.54. The maximum absolute atomic E-state index is 5.52. The van der Waals surface area contributed by atoms with Gasteiger partial charge in [0.2, 0.25) is 0 Å². The second-order valence-corrected chi connectivity index (χ2v) is 3.82. The molecule has 0 saturated heterocycles. The minimum Gasteiger partial charge on any atom is -0.324 e. The van der Waals surface area contributed by atoms with Crippen LogP contribution in [0.1, 0.15) is 5.82 Å². The monoisotopic (exact) mass is 301 g/mol. The molecule has 2 rings (SSSR count). The molecule has 72 valence electrons. The summed E-state index contributed by atoms with van der Waals surface area (Å²) in [6.45, 7) is 0.331. The number of hydrogen-bond acceptors (Lipinski definition) is 4. The van der Waals surface area contributed by atoms with E-state index in [4.69, 9.17) is 5.73 Å². The molecular formula is C8H8IN5. The summed E-state index contributed by atoms with van der Waals surface area (Å²) in [4.78, 5) is 0. The first-order valence-corrected chi connectivity index (χ1v) is 5.13. The number of tetrazole rings is 1. The lowest BCUT2D eigenvalue weighted by Gasteiger charge is -2.04. The van der Waals surface area contributed by atoms with Gasteiger partial charge in [-0.1, -0.05) is 12.1 Å². The third-order valence-electron chi connectivity index (χ3n) is 1.80. The fourth-order valence-corrected chi connectivity index (χ4v) is 1.76. The number of nitrogens with two attached hydrogens (primary N) is 1. The fourth-order valence-electron chi connectivity index (χ4n) is 1.14. The van der Waals surface area contributed by atoms with Crippen molar-refractivity contribution in [1.82, 2.24) is 20.2 Å². The molecule has 0 bridgehead atoms. The number of aromatic nitrogens is 4. The van der Waals surface area contributed by atoms with Crippen LogP contribution in [0.15, 0.2) is 24.3 Å². The van der Waals surface area contributed by atoms with Crippen molar-refractivity contribution in [2.75, 3.05) is 0 Å². The van der Waals surface area contributed by atoms with Crippen LogP contribution in [0.25, 0.3) is 5.69 Å². The summed E-state index contributed by atoms with van der Waals surface area (Å²) >= 11 is 2.24. The zero-order chi connectivity index (χ0) is 9.97. The van der Waals surface area contributed by atoms with Gasteiger partial charge in [0.15, 0.2) is 5.82 Å². The topological polar surface area (TPSA) is 69.6 Å². The van der Waals surface area contributed by atoms with Gasteiger partial charge in [-0.25, -0.2) is 0 Å². The largest absolute Gasteiger partial charge is 0.324 e. The molecular weight excluding hydrogens is 293 g/mol. The van der Waals surface area contributed by atoms with Gasteiger partial charge in [0.05, 0.1) is 12.2 Å². The number of benzene rings is 1. The van der Waals surface area contributed by atoms with E-state index in [9.17, 15) is 0 Å². The fraction of sp³-hybridized carbons (Fsp3) is 0.125. The number of rotatable bonds is 2. The molecule has 0 aliphatic carbocycles. The maximum Gasteiger partial charge on any atom is 0.170 e. The first-order chi connectivity index (χ1) is 6.83. The highest BCUT2D eigenvalue weighted by atomic mass is 127. The van der Waals surface area contributed by atoms with Crippen LogP contribution in [-0.2, 0) is 6.54 Å². The molecule has 6 heteroatoms. The van der Waals surface area contributed by atoms with E-state index < -0.39 is 0 Å². The van der Waals surface area contributed by atoms with Crippen LogP contribution in [0.4, 0.5) is 0 Å². The molecule has 0 unspecified atom stereocenters. The van der Waals surface area contributed by atoms with Crippen LogP contribution < -0.4 is 5.73 Å². The Morgan fingerprint density at radius 2 is 2.14 bits per heavy atom. The molecule has 1 aromatic heterocycles. The number of halogens is 1. The smallest absolute Gasteiger partial charge is 0.170 e. The number of nitrogens with zero attached hydrogens (tertiary/aromatic N) is 4. The van der Waals surface area contributed by atoms with E-state index in [1.54, 1.807) is 4.68 Å². The Labute approximate surface area is 94.4 Å². The maximum atomic E-state index is 5.52. The van der Waals surface area contributed by atoms with E-state index in [1.807, 2.05) is 24.3 Å². The molecule has 0 spiro atoms. The summed E-state index contributed by atoms with van der Waals surface area (Å²) < 4.78 is 2.74. The molecule has 0 aliphatic rings. The van der Waals surface area contributed by atoms with Crippen LogP contribution >= 0.6 is 22.6 Å². The third kappa shape index (κ3) is 1.62. The second kappa shape index (κ2) is 4.01. The van der Waals surface area contributed by atoms with Crippen molar-refractivity contribution >= 4 is 22.6 Å². The van der Waals surface area contributed by atoms with E-state index in [1.165, 1.54) is 0 Å². The van der Waals surface area contributed by atoms with E-state index in [-0.39, 0.29) is 0 Å². The Morgan fingerprint density at radius 3 is 2.86 bits per heavy atom. The molecule has 0 saturated carbocycles. The quantitative estimate of drug-likeness (QED) is 0.830. The predicted molar refractivity (Wildman–Crippen MR) is 59.8 cm³/mol. The number of hydrogen-bond donors (Lipinski definition) is 1. The van der Waals surface area contributed by atoms with Crippen molar-refractivity contribution in [3.63, 3.8) is 0 Å². The summed E-state index contributed by atoms with van der Waals surface area (Å²) in [6, 6.07) is 7.87. The molecule has 2 N–H and O–H groups in total. The normalized spacial score (nSPS) is 10.4. The highest BCUT2D eigenvalue weighted by Crippen LogP contribution is 2.15. The summed E-state index contributed by atoms with van der Waals surface area (Å²) in [7, 11) is 0. The highest BCUT2D eigenvalue weighted by Gasteiger charge is 2.08. The van der Waals surface area contributed by atoms with Crippen molar-refractivity contribution in [3.05, 3.63) is 33.7 Å². The van der Waals surface area contributed by atoms with Gasteiger partial charge in [0.1, 0.15) is 0 Å².